The average molecular weight is 1470 g/mol. The third kappa shape index (κ3) is 18.0. The van der Waals surface area contributed by atoms with Crippen LogP contribution in [0.5, 0.6) is 11.5 Å². The normalized spacial score (nSPS) is 9.83. The Kier molecular flexibility index (Phi) is 64.6. The van der Waals surface area contributed by atoms with Crippen LogP contribution in [0, 0.1) is 25.2 Å². The monoisotopic (exact) mass is 1470 g/mol. The van der Waals surface area contributed by atoms with E-state index < -0.39 is 0 Å². The maximum absolute atomic E-state index is 9.40. The van der Waals surface area contributed by atoms with Gasteiger partial charge in [0.15, 0.2) is 0 Å². The van der Waals surface area contributed by atoms with Gasteiger partial charge in [0.05, 0.1) is 0 Å². The second-order valence-electron chi connectivity index (χ2n) is 3.33. The number of aryl methyl sites for hydroxylation is 2. The van der Waals surface area contributed by atoms with E-state index in [1.165, 1.54) is 0 Å². The fourth-order valence-corrected chi connectivity index (χ4v) is 1.43. The van der Waals surface area contributed by atoms with Crippen LogP contribution in [0.4, 0.5) is 0 Å². The molecule has 1 aliphatic heterocycles. The van der Waals surface area contributed by atoms with E-state index in [0.717, 1.165) is 12.0 Å². The van der Waals surface area contributed by atoms with Gasteiger partial charge in [-0.15, -0.1) is 30.9 Å². The summed E-state index contributed by atoms with van der Waals surface area (Å²) in [6.45, 7) is 1.68. The van der Waals surface area contributed by atoms with Crippen LogP contribution in [0.2, 0.25) is 0 Å². The fraction of sp³-hybridized carbons (Fsp3) is 0.364. The fourth-order valence-electron chi connectivity index (χ4n) is 1.43. The molecule has 2 N–H and O–H groups in total. The average Bonchev–Trinajstić information content (AvgIpc) is 2.19. The van der Waals surface area contributed by atoms with E-state index in [2.05, 4.69) is 12.1 Å². The van der Waals surface area contributed by atoms with Crippen LogP contribution in [-0.2, 0) is 243 Å². The van der Waals surface area contributed by atoms with Gasteiger partial charge in [0, 0.05) is 236 Å². The van der Waals surface area contributed by atoms with Crippen molar-refractivity contribution in [3.63, 3.8) is 0 Å². The molecule has 1 heterocycles. The van der Waals surface area contributed by atoms with E-state index in [4.69, 9.17) is 9.84 Å². The van der Waals surface area contributed by atoms with E-state index in [1.807, 2.05) is 0 Å². The minimum atomic E-state index is -0.0623. The Morgan fingerprint density at radius 1 is 1.00 bits per heavy atom. The molecule has 3 nitrogen and oxygen atoms in total. The summed E-state index contributed by atoms with van der Waals surface area (Å²) in [6.07, 6.45) is 2.05. The predicted octanol–water partition coefficient (Wildman–Crippen LogP) is 1.13. The first-order valence-electron chi connectivity index (χ1n) is 4.51. The molecule has 0 aromatic heterocycles. The van der Waals surface area contributed by atoms with Crippen LogP contribution in [0.3, 0.4) is 0 Å². The molecular formula is C11H11O3W5Y4-3. The van der Waals surface area contributed by atoms with Gasteiger partial charge >= 0.3 is 0 Å². The number of hydrogen-bond donors (Lipinski definition) is 2. The van der Waals surface area contributed by atoms with Crippen molar-refractivity contribution < 1.29 is 251 Å². The number of rotatable bonds is 1. The zero-order chi connectivity index (χ0) is 10.1. The van der Waals surface area contributed by atoms with E-state index in [9.17, 15) is 5.11 Å². The SMILES string of the molecule is Cc1[c-]c2c([c-]c1O)CC[C-](CO)O2.[W].[W].[W].[W].[W].[Y].[Y].[Y].[Y]. The van der Waals surface area contributed by atoms with E-state index in [-0.39, 0.29) is 249 Å². The molecule has 0 aliphatic carbocycles. The largest absolute Gasteiger partial charge is 0.730 e. The molecule has 0 spiro atoms. The number of phenols is 1. The number of hydrogen-bond acceptors (Lipinski definition) is 3. The molecule has 12 heteroatoms. The second-order valence-corrected chi connectivity index (χ2v) is 3.33. The van der Waals surface area contributed by atoms with Crippen LogP contribution >= 0.6 is 0 Å². The quantitative estimate of drug-likeness (QED) is 0.416. The Bertz CT molecular complexity index is 378. The van der Waals surface area contributed by atoms with Gasteiger partial charge < -0.3 is 14.9 Å². The third-order valence-electron chi connectivity index (χ3n) is 2.28. The summed E-state index contributed by atoms with van der Waals surface area (Å²) < 4.78 is 5.39. The number of aromatic hydroxyl groups is 1. The standard InChI is InChI=1S/C11H11O3.5W.4Y/c1-7-4-11-8(5-10(7)13)2-3-9(6-12)14-11;;;;;;;;;/h12-13H,2-3,6H2,1H3;;;;;;;;;/q-3;;;;;;;;;. The summed E-state index contributed by atoms with van der Waals surface area (Å²) in [4.78, 5) is 0. The van der Waals surface area contributed by atoms with Gasteiger partial charge in [-0.2, -0.15) is 6.42 Å². The van der Waals surface area contributed by atoms with Crippen molar-refractivity contribution in [3.8, 4) is 11.5 Å². The summed E-state index contributed by atoms with van der Waals surface area (Å²) >= 11 is 0. The van der Waals surface area contributed by atoms with Crippen LogP contribution in [0.25, 0.3) is 0 Å². The van der Waals surface area contributed by atoms with Crippen molar-refractivity contribution in [2.75, 3.05) is 6.61 Å². The molecule has 23 heavy (non-hydrogen) atoms. The zero-order valence-electron chi connectivity index (χ0n) is 12.3. The molecule has 1 aromatic carbocycles. The second kappa shape index (κ2) is 28.6. The van der Waals surface area contributed by atoms with Crippen molar-refractivity contribution in [1.29, 1.82) is 0 Å². The van der Waals surface area contributed by atoms with Gasteiger partial charge in [0.2, 0.25) is 0 Å². The first-order valence-corrected chi connectivity index (χ1v) is 4.51. The van der Waals surface area contributed by atoms with Gasteiger partial charge in [0.1, 0.15) is 0 Å². The van der Waals surface area contributed by atoms with Crippen molar-refractivity contribution in [3.05, 3.63) is 29.4 Å². The Labute approximate surface area is 310 Å². The molecule has 0 saturated carbocycles. The minimum absolute atomic E-state index is 0. The molecule has 0 amide bonds. The molecule has 0 fully saturated rings. The summed E-state index contributed by atoms with van der Waals surface area (Å²) in [7, 11) is 0. The topological polar surface area (TPSA) is 49.7 Å². The van der Waals surface area contributed by atoms with Gasteiger partial charge in [-0.05, 0) is 6.61 Å². The van der Waals surface area contributed by atoms with Crippen LogP contribution in [0.15, 0.2) is 0 Å². The number of aliphatic hydroxyl groups excluding tert-OH is 1. The molecule has 1 aromatic rings. The molecular weight excluding hydrogens is 1450 g/mol. The van der Waals surface area contributed by atoms with Crippen molar-refractivity contribution in [2.24, 2.45) is 0 Å². The Hall–Kier alpha value is 6.64. The Morgan fingerprint density at radius 2 is 1.48 bits per heavy atom. The molecule has 118 valence electrons. The van der Waals surface area contributed by atoms with E-state index in [1.54, 1.807) is 6.92 Å². The third-order valence-corrected chi connectivity index (χ3v) is 2.28. The van der Waals surface area contributed by atoms with Crippen molar-refractivity contribution in [1.82, 2.24) is 0 Å². The van der Waals surface area contributed by atoms with Gasteiger partial charge in [-0.25, -0.2) is 11.1 Å². The first kappa shape index (κ1) is 51.9. The minimum Gasteiger partial charge on any atom is -0.730 e. The molecule has 0 unspecified atom stereocenters. The number of ether oxygens (including phenoxy) is 1. The molecule has 0 saturated heterocycles. The van der Waals surface area contributed by atoms with E-state index >= 15 is 0 Å². The smallest absolute Gasteiger partial charge is 0 e. The van der Waals surface area contributed by atoms with Gasteiger partial charge in [0.25, 0.3) is 0 Å². The summed E-state index contributed by atoms with van der Waals surface area (Å²) in [5, 5.41) is 18.3. The Morgan fingerprint density at radius 3 is 1.91 bits per heavy atom. The maximum Gasteiger partial charge on any atom is 0 e. The summed E-state index contributed by atoms with van der Waals surface area (Å²) in [5.41, 5.74) is 1.44. The molecule has 0 bridgehead atoms. The van der Waals surface area contributed by atoms with Crippen molar-refractivity contribution >= 4 is 0 Å². The maximum atomic E-state index is 9.40. The molecule has 4 radical (unpaired) electrons. The van der Waals surface area contributed by atoms with Crippen LogP contribution in [-0.4, -0.2) is 16.8 Å². The van der Waals surface area contributed by atoms with Crippen molar-refractivity contribution in [2.45, 2.75) is 19.8 Å². The van der Waals surface area contributed by atoms with Gasteiger partial charge in [-0.3, -0.25) is 12.1 Å². The Balaban J connectivity index is -0.0000000417. The van der Waals surface area contributed by atoms with E-state index in [0.29, 0.717) is 23.8 Å². The number of aliphatic hydroxyl groups is 1. The first-order chi connectivity index (χ1) is 6.70. The summed E-state index contributed by atoms with van der Waals surface area (Å²) in [5.74, 6) is 0.704. The number of benzene rings is 1. The molecule has 0 atom stereocenters. The predicted molar refractivity (Wildman–Crippen MR) is 49.8 cm³/mol. The van der Waals surface area contributed by atoms with Crippen LogP contribution < -0.4 is 4.74 Å². The number of phenolic OH excluding ortho intramolecular Hbond substituents is 1. The zero-order valence-corrected chi connectivity index (χ0v) is 38.3. The molecule has 1 aliphatic rings. The number of fused-ring (bicyclic) bond motifs is 1. The van der Waals surface area contributed by atoms with Crippen LogP contribution in [0.1, 0.15) is 17.5 Å². The summed E-state index contributed by atoms with van der Waals surface area (Å²) in [6, 6.07) is 5.77. The van der Waals surface area contributed by atoms with Gasteiger partial charge in [-0.1, -0.05) is 0 Å². The molecule has 2 rings (SSSR count).